The van der Waals surface area contributed by atoms with Gasteiger partial charge in [-0.3, -0.25) is 14.4 Å². The Labute approximate surface area is 193 Å². The minimum absolute atomic E-state index is 0.0305. The van der Waals surface area contributed by atoms with E-state index in [1.54, 1.807) is 30.3 Å². The summed E-state index contributed by atoms with van der Waals surface area (Å²) in [5.74, 6) is -0.603. The van der Waals surface area contributed by atoms with Gasteiger partial charge in [0.25, 0.3) is 17.7 Å². The summed E-state index contributed by atoms with van der Waals surface area (Å²) in [7, 11) is 0. The summed E-state index contributed by atoms with van der Waals surface area (Å²) in [6, 6.07) is 8.79. The molecule has 0 saturated carbocycles. The summed E-state index contributed by atoms with van der Waals surface area (Å²) in [4.78, 5) is 40.9. The van der Waals surface area contributed by atoms with Crippen LogP contribution in [0.1, 0.15) is 44.9 Å². The minimum Gasteiger partial charge on any atom is -0.378 e. The topological polar surface area (TPSA) is 87.7 Å². The van der Waals surface area contributed by atoms with E-state index in [1.807, 2.05) is 11.8 Å². The average Bonchev–Trinajstić information content (AvgIpc) is 3.50. The van der Waals surface area contributed by atoms with Gasteiger partial charge in [-0.1, -0.05) is 0 Å². The van der Waals surface area contributed by atoms with E-state index in [-0.39, 0.29) is 24.3 Å². The third-order valence-electron chi connectivity index (χ3n) is 5.71. The van der Waals surface area contributed by atoms with E-state index in [1.165, 1.54) is 11.3 Å². The van der Waals surface area contributed by atoms with Gasteiger partial charge in [-0.05, 0) is 71.6 Å². The van der Waals surface area contributed by atoms with Crippen LogP contribution in [-0.2, 0) is 9.53 Å². The van der Waals surface area contributed by atoms with E-state index < -0.39 is 5.54 Å². The quantitative estimate of drug-likeness (QED) is 0.649. The molecule has 31 heavy (non-hydrogen) atoms. The lowest BCUT2D eigenvalue weighted by molar-refractivity contribution is -0.122. The second kappa shape index (κ2) is 9.10. The number of likely N-dealkylation sites (tertiary alicyclic amines) is 1. The fraction of sp³-hybridized carbons (Fsp3) is 0.409. The Morgan fingerprint density at radius 1 is 1.16 bits per heavy atom. The van der Waals surface area contributed by atoms with Crippen molar-refractivity contribution in [3.63, 3.8) is 0 Å². The molecular weight excluding hydrogens is 482 g/mol. The molecule has 1 atom stereocenters. The molecule has 4 rings (SSSR count). The minimum atomic E-state index is -1.13. The zero-order valence-electron chi connectivity index (χ0n) is 17.2. The lowest BCUT2D eigenvalue weighted by Crippen LogP contribution is -2.57. The first-order chi connectivity index (χ1) is 14.9. The van der Waals surface area contributed by atoms with Crippen molar-refractivity contribution >= 4 is 50.7 Å². The largest absolute Gasteiger partial charge is 0.378 e. The van der Waals surface area contributed by atoms with Gasteiger partial charge in [0.05, 0.1) is 15.3 Å². The highest BCUT2D eigenvalue weighted by Gasteiger charge is 2.44. The van der Waals surface area contributed by atoms with Gasteiger partial charge in [-0.25, -0.2) is 0 Å². The predicted octanol–water partition coefficient (Wildman–Crippen LogP) is 3.58. The Bertz CT molecular complexity index is 1010. The molecule has 2 aliphatic rings. The highest BCUT2D eigenvalue weighted by molar-refractivity contribution is 9.11. The molecule has 2 aliphatic heterocycles. The van der Waals surface area contributed by atoms with E-state index in [9.17, 15) is 14.4 Å². The first kappa shape index (κ1) is 22.0. The molecule has 1 aromatic carbocycles. The van der Waals surface area contributed by atoms with Crippen LogP contribution >= 0.6 is 27.3 Å². The standard InChI is InChI=1S/C22H24BrN3O4S/c1-14-12-15(4-5-16(14)20(28)26-9-2-3-10-26)24-21(29)22(8-11-30-13-22)25-19(27)17-6-7-18(23)31-17/h4-7,12H,2-3,8-11,13H2,1H3,(H,24,29)(H,25,27). The molecule has 0 bridgehead atoms. The van der Waals surface area contributed by atoms with Crippen molar-refractivity contribution < 1.29 is 19.1 Å². The zero-order valence-corrected chi connectivity index (χ0v) is 19.6. The molecule has 2 fully saturated rings. The molecule has 1 aromatic heterocycles. The molecule has 2 saturated heterocycles. The highest BCUT2D eigenvalue weighted by atomic mass is 79.9. The number of aryl methyl sites for hydroxylation is 1. The van der Waals surface area contributed by atoms with Crippen molar-refractivity contribution in [3.8, 4) is 0 Å². The summed E-state index contributed by atoms with van der Waals surface area (Å²) >= 11 is 4.66. The molecule has 164 valence electrons. The van der Waals surface area contributed by atoms with Gasteiger partial charge in [-0.2, -0.15) is 0 Å². The number of anilines is 1. The van der Waals surface area contributed by atoms with Crippen LogP contribution in [0, 0.1) is 6.92 Å². The number of ether oxygens (including phenoxy) is 1. The molecule has 9 heteroatoms. The van der Waals surface area contributed by atoms with E-state index in [2.05, 4.69) is 26.6 Å². The highest BCUT2D eigenvalue weighted by Crippen LogP contribution is 2.26. The van der Waals surface area contributed by atoms with Gasteiger partial charge in [0.2, 0.25) is 0 Å². The van der Waals surface area contributed by atoms with Crippen LogP contribution in [0.25, 0.3) is 0 Å². The van der Waals surface area contributed by atoms with Crippen molar-refractivity contribution in [1.82, 2.24) is 10.2 Å². The Hall–Kier alpha value is -2.23. The van der Waals surface area contributed by atoms with Gasteiger partial charge in [0.1, 0.15) is 5.54 Å². The SMILES string of the molecule is Cc1cc(NC(=O)C2(NC(=O)c3ccc(Br)s3)CCOC2)ccc1C(=O)N1CCCC1. The number of thiophene rings is 1. The maximum absolute atomic E-state index is 13.2. The maximum Gasteiger partial charge on any atom is 0.262 e. The number of amides is 3. The molecular formula is C22H24BrN3O4S. The number of carbonyl (C=O) groups is 3. The summed E-state index contributed by atoms with van der Waals surface area (Å²) in [5.41, 5.74) is 0.903. The Balaban J connectivity index is 1.48. The Morgan fingerprint density at radius 3 is 2.55 bits per heavy atom. The summed E-state index contributed by atoms with van der Waals surface area (Å²) in [5, 5.41) is 5.77. The summed E-state index contributed by atoms with van der Waals surface area (Å²) < 4.78 is 6.31. The first-order valence-corrected chi connectivity index (χ1v) is 11.9. The second-order valence-electron chi connectivity index (χ2n) is 7.93. The molecule has 2 N–H and O–H groups in total. The van der Waals surface area contributed by atoms with E-state index in [0.29, 0.717) is 29.2 Å². The van der Waals surface area contributed by atoms with Crippen LogP contribution in [0.15, 0.2) is 34.1 Å². The molecule has 2 aromatic rings. The van der Waals surface area contributed by atoms with Crippen LogP contribution < -0.4 is 10.6 Å². The van der Waals surface area contributed by atoms with Crippen molar-refractivity contribution in [2.75, 3.05) is 31.6 Å². The Kier molecular flexibility index (Phi) is 6.45. The second-order valence-corrected chi connectivity index (χ2v) is 10.4. The van der Waals surface area contributed by atoms with E-state index >= 15 is 0 Å². The normalized spacial score (nSPS) is 20.6. The van der Waals surface area contributed by atoms with Crippen LogP contribution in [-0.4, -0.2) is 54.5 Å². The van der Waals surface area contributed by atoms with Gasteiger partial charge >= 0.3 is 0 Å². The molecule has 0 radical (unpaired) electrons. The van der Waals surface area contributed by atoms with Crippen LogP contribution in [0.4, 0.5) is 5.69 Å². The number of hydrogen-bond donors (Lipinski definition) is 2. The maximum atomic E-state index is 13.2. The fourth-order valence-electron chi connectivity index (χ4n) is 3.94. The number of hydrogen-bond acceptors (Lipinski definition) is 5. The predicted molar refractivity (Wildman–Crippen MR) is 123 cm³/mol. The first-order valence-electron chi connectivity index (χ1n) is 10.2. The van der Waals surface area contributed by atoms with E-state index in [0.717, 1.165) is 35.3 Å². The van der Waals surface area contributed by atoms with Gasteiger partial charge in [0.15, 0.2) is 0 Å². The number of nitrogens with zero attached hydrogens (tertiary/aromatic N) is 1. The van der Waals surface area contributed by atoms with Gasteiger partial charge in [-0.15, -0.1) is 11.3 Å². The van der Waals surface area contributed by atoms with Crippen molar-refractivity contribution in [2.24, 2.45) is 0 Å². The summed E-state index contributed by atoms with van der Waals surface area (Å²) in [6.07, 6.45) is 2.47. The third kappa shape index (κ3) is 4.68. The lowest BCUT2D eigenvalue weighted by Gasteiger charge is -2.27. The number of halogens is 1. The lowest BCUT2D eigenvalue weighted by atomic mass is 9.96. The monoisotopic (exact) mass is 505 g/mol. The van der Waals surface area contributed by atoms with Crippen LogP contribution in [0.5, 0.6) is 0 Å². The fourth-order valence-corrected chi connectivity index (χ4v) is 5.22. The zero-order chi connectivity index (χ0) is 22.0. The molecule has 0 spiro atoms. The number of nitrogens with one attached hydrogen (secondary N) is 2. The Morgan fingerprint density at radius 2 is 1.94 bits per heavy atom. The van der Waals surface area contributed by atoms with Crippen molar-refractivity contribution in [1.29, 1.82) is 0 Å². The average molecular weight is 506 g/mol. The van der Waals surface area contributed by atoms with Gasteiger partial charge in [0, 0.05) is 37.4 Å². The van der Waals surface area contributed by atoms with E-state index in [4.69, 9.17) is 4.74 Å². The third-order valence-corrected chi connectivity index (χ3v) is 7.34. The smallest absolute Gasteiger partial charge is 0.262 e. The number of rotatable bonds is 5. The van der Waals surface area contributed by atoms with Crippen LogP contribution in [0.3, 0.4) is 0 Å². The van der Waals surface area contributed by atoms with Crippen molar-refractivity contribution in [2.45, 2.75) is 31.7 Å². The molecule has 0 aliphatic carbocycles. The van der Waals surface area contributed by atoms with Gasteiger partial charge < -0.3 is 20.3 Å². The molecule has 7 nitrogen and oxygen atoms in total. The number of carbonyl (C=O) groups excluding carboxylic acids is 3. The van der Waals surface area contributed by atoms with Crippen LogP contribution in [0.2, 0.25) is 0 Å². The molecule has 1 unspecified atom stereocenters. The van der Waals surface area contributed by atoms with Crippen molar-refractivity contribution in [3.05, 3.63) is 50.1 Å². The molecule has 3 heterocycles. The summed E-state index contributed by atoms with van der Waals surface area (Å²) in [6.45, 7) is 3.95. The molecule has 3 amide bonds. The number of benzene rings is 1.